The number of halogens is 7. The van der Waals surface area contributed by atoms with Crippen molar-refractivity contribution in [1.29, 1.82) is 5.26 Å². The second-order valence-electron chi connectivity index (χ2n) is 18.0. The monoisotopic (exact) mass is 872 g/mol. The number of hydrogen-bond donors (Lipinski definition) is 2. The van der Waals surface area contributed by atoms with E-state index in [9.17, 15) is 37.1 Å². The summed E-state index contributed by atoms with van der Waals surface area (Å²) >= 11 is 0.688. The highest BCUT2D eigenvalue weighted by Gasteiger charge is 2.65. The van der Waals surface area contributed by atoms with Crippen LogP contribution in [0.25, 0.3) is 32.2 Å². The zero-order valence-electron chi connectivity index (χ0n) is 32.5. The molecular formula is C41H39F7N8O4S. The maximum atomic E-state index is 17.9. The fourth-order valence-electron chi connectivity index (χ4n) is 10.5. The number of nitriles is 1. The Balaban J connectivity index is 1.05. The van der Waals surface area contributed by atoms with Crippen molar-refractivity contribution in [2.75, 3.05) is 49.5 Å². The van der Waals surface area contributed by atoms with Gasteiger partial charge in [-0.15, -0.1) is 11.3 Å². The van der Waals surface area contributed by atoms with Crippen LogP contribution in [0.3, 0.4) is 0 Å². The fraction of sp³-hybridized carbons (Fsp3) is 0.585. The van der Waals surface area contributed by atoms with E-state index >= 15 is 13.6 Å². The predicted octanol–water partition coefficient (Wildman–Crippen LogP) is 6.34. The normalized spacial score (nSPS) is 30.2. The highest BCUT2D eigenvalue weighted by molar-refractivity contribution is 7.23. The standard InChI is InChI=1S/C41H39F7N8O4S/c42-19-12-39(6-1-9-54(39)16-19)18-60-37-50-29-27(32(51-37)53-10-7-38(17-53)8-11-55(38)35(58)24-14-41(24,47)48)36(59)56(20-2-3-20)30(28(29)44)21-4-5-25(43)31-26(21)22(15-49)34(61-31)52-33(57)23-13-40(23,45)46/h4-5,19-20,23-24,33,52,57H,1-3,6-14,16-18H2/t19-,23?,24?,33?,38?,39+/m1/s1. The van der Waals surface area contributed by atoms with Gasteiger partial charge in [0.05, 0.1) is 33.0 Å². The topological polar surface area (TPSA) is 140 Å². The molecule has 322 valence electrons. The van der Waals surface area contributed by atoms with Gasteiger partial charge in [0.1, 0.15) is 58.5 Å². The maximum absolute atomic E-state index is 17.9. The zero-order chi connectivity index (χ0) is 42.5. The average Bonchev–Trinajstić information content (AvgIpc) is 4.09. The lowest BCUT2D eigenvalue weighted by Gasteiger charge is -2.50. The van der Waals surface area contributed by atoms with Crippen molar-refractivity contribution >= 4 is 49.1 Å². The molecule has 1 amide bonds. The van der Waals surface area contributed by atoms with Crippen molar-refractivity contribution in [1.82, 2.24) is 24.3 Å². The molecule has 4 aliphatic heterocycles. The van der Waals surface area contributed by atoms with E-state index < -0.39 is 94.7 Å². The Morgan fingerprint density at radius 3 is 2.48 bits per heavy atom. The minimum atomic E-state index is -3.12. The summed E-state index contributed by atoms with van der Waals surface area (Å²) in [6.45, 7) is 1.53. The Morgan fingerprint density at radius 1 is 1.05 bits per heavy atom. The van der Waals surface area contributed by atoms with Gasteiger partial charge in [0.2, 0.25) is 5.91 Å². The molecule has 1 spiro atoms. The van der Waals surface area contributed by atoms with Crippen LogP contribution in [0.5, 0.6) is 6.01 Å². The number of thiophene rings is 1. The summed E-state index contributed by atoms with van der Waals surface area (Å²) in [7, 11) is 0. The van der Waals surface area contributed by atoms with Crippen molar-refractivity contribution in [2.45, 2.75) is 99.2 Å². The number of alkyl halides is 5. The molecule has 7 aliphatic rings. The molecule has 20 heteroatoms. The molecule has 7 heterocycles. The van der Waals surface area contributed by atoms with E-state index in [0.717, 1.165) is 12.5 Å². The first-order valence-corrected chi connectivity index (χ1v) is 21.5. The number of rotatable bonds is 10. The van der Waals surface area contributed by atoms with E-state index in [-0.39, 0.29) is 81.8 Å². The van der Waals surface area contributed by atoms with Gasteiger partial charge in [-0.25, -0.2) is 30.7 Å². The van der Waals surface area contributed by atoms with Crippen LogP contribution in [0.2, 0.25) is 0 Å². The number of likely N-dealkylation sites (tertiary alicyclic amines) is 1. The Labute approximate surface area is 346 Å². The lowest BCUT2D eigenvalue weighted by molar-refractivity contribution is -0.149. The third-order valence-electron chi connectivity index (χ3n) is 14.2. The van der Waals surface area contributed by atoms with E-state index in [2.05, 4.69) is 10.3 Å². The van der Waals surface area contributed by atoms with E-state index in [0.29, 0.717) is 56.5 Å². The minimum absolute atomic E-state index is 0.0168. The first-order chi connectivity index (χ1) is 29.0. The molecule has 3 aromatic heterocycles. The molecule has 61 heavy (non-hydrogen) atoms. The lowest BCUT2D eigenvalue weighted by Crippen LogP contribution is -2.64. The van der Waals surface area contributed by atoms with Crippen LogP contribution in [0, 0.1) is 34.8 Å². The number of nitrogens with one attached hydrogen (secondary N) is 1. The number of ether oxygens (including phenoxy) is 1. The molecule has 0 bridgehead atoms. The van der Waals surface area contributed by atoms with Crippen molar-refractivity contribution in [3.8, 4) is 23.3 Å². The third-order valence-corrected chi connectivity index (χ3v) is 15.3. The summed E-state index contributed by atoms with van der Waals surface area (Å²) in [5, 5.41) is 23.1. The molecule has 7 fully saturated rings. The van der Waals surface area contributed by atoms with Crippen molar-refractivity contribution < 1.29 is 45.4 Å². The number of carbonyl (C=O) groups excluding carboxylic acids is 1. The number of aromatic nitrogens is 3. The third kappa shape index (κ3) is 5.95. The molecule has 0 radical (unpaired) electrons. The Bertz CT molecular complexity index is 2670. The molecule has 3 aliphatic carbocycles. The summed E-state index contributed by atoms with van der Waals surface area (Å²) < 4.78 is 111. The molecule has 1 aromatic carbocycles. The summed E-state index contributed by atoms with van der Waals surface area (Å²) in [6.07, 6.45) is -0.389. The fourth-order valence-corrected chi connectivity index (χ4v) is 11.6. The van der Waals surface area contributed by atoms with Gasteiger partial charge in [-0.1, -0.05) is 0 Å². The number of amides is 1. The first-order valence-electron chi connectivity index (χ1n) is 20.6. The van der Waals surface area contributed by atoms with Crippen molar-refractivity contribution in [2.24, 2.45) is 11.8 Å². The van der Waals surface area contributed by atoms with Crippen LogP contribution in [0.4, 0.5) is 41.6 Å². The highest BCUT2D eigenvalue weighted by Crippen LogP contribution is 2.54. The van der Waals surface area contributed by atoms with Gasteiger partial charge in [0.25, 0.3) is 17.4 Å². The molecule has 4 saturated heterocycles. The number of nitrogens with zero attached hydrogens (tertiary/aromatic N) is 7. The summed E-state index contributed by atoms with van der Waals surface area (Å²) in [6, 6.07) is 3.44. The molecule has 11 rings (SSSR count). The smallest absolute Gasteiger partial charge is 0.319 e. The average molecular weight is 873 g/mol. The predicted molar refractivity (Wildman–Crippen MR) is 208 cm³/mol. The lowest BCUT2D eigenvalue weighted by atomic mass is 9.83. The second kappa shape index (κ2) is 13.1. The molecule has 4 unspecified atom stereocenters. The summed E-state index contributed by atoms with van der Waals surface area (Å²) in [5.74, 6) is -11.4. The number of pyridine rings is 1. The number of aliphatic hydroxyl groups is 1. The van der Waals surface area contributed by atoms with Crippen molar-refractivity contribution in [3.05, 3.63) is 39.7 Å². The number of fused-ring (bicyclic) bond motifs is 3. The largest absolute Gasteiger partial charge is 0.461 e. The van der Waals surface area contributed by atoms with Crippen LogP contribution >= 0.6 is 11.3 Å². The molecule has 3 saturated carbocycles. The van der Waals surface area contributed by atoms with Gasteiger partial charge in [-0.05, 0) is 57.2 Å². The minimum Gasteiger partial charge on any atom is -0.461 e. The number of carbonyl (C=O) groups is 1. The number of aliphatic hydroxyl groups excluding tert-OH is 1. The molecule has 4 aromatic rings. The van der Waals surface area contributed by atoms with E-state index in [1.807, 2.05) is 11.0 Å². The van der Waals surface area contributed by atoms with Crippen LogP contribution in [0.1, 0.15) is 69.4 Å². The highest BCUT2D eigenvalue weighted by atomic mass is 32.1. The van der Waals surface area contributed by atoms with Gasteiger partial charge < -0.3 is 29.5 Å². The van der Waals surface area contributed by atoms with Gasteiger partial charge >= 0.3 is 6.01 Å². The van der Waals surface area contributed by atoms with Crippen LogP contribution < -0.4 is 20.5 Å². The van der Waals surface area contributed by atoms with E-state index in [4.69, 9.17) is 9.72 Å². The summed E-state index contributed by atoms with van der Waals surface area (Å²) in [4.78, 5) is 42.7. The molecule has 2 N–H and O–H groups in total. The van der Waals surface area contributed by atoms with E-state index in [1.54, 1.807) is 4.90 Å². The van der Waals surface area contributed by atoms with Crippen LogP contribution in [-0.4, -0.2) is 110 Å². The van der Waals surface area contributed by atoms with Gasteiger partial charge in [-0.2, -0.15) is 15.2 Å². The molecule has 12 nitrogen and oxygen atoms in total. The Morgan fingerprint density at radius 2 is 1.80 bits per heavy atom. The van der Waals surface area contributed by atoms with Crippen LogP contribution in [0.15, 0.2) is 16.9 Å². The van der Waals surface area contributed by atoms with Gasteiger partial charge in [0, 0.05) is 62.4 Å². The second-order valence-corrected chi connectivity index (χ2v) is 19.0. The molecular weight excluding hydrogens is 834 g/mol. The Hall–Kier alpha value is -4.74. The zero-order valence-corrected chi connectivity index (χ0v) is 33.3. The number of anilines is 2. The van der Waals surface area contributed by atoms with Crippen LogP contribution in [-0.2, 0) is 4.79 Å². The maximum Gasteiger partial charge on any atom is 0.319 e. The number of hydrogen-bond acceptors (Lipinski definition) is 11. The first kappa shape index (κ1) is 39.1. The quantitative estimate of drug-likeness (QED) is 0.137. The number of benzene rings is 1. The van der Waals surface area contributed by atoms with Gasteiger partial charge in [0.15, 0.2) is 5.82 Å². The van der Waals surface area contributed by atoms with Gasteiger partial charge in [-0.3, -0.25) is 14.5 Å². The van der Waals surface area contributed by atoms with Crippen molar-refractivity contribution in [3.63, 3.8) is 0 Å². The Kier molecular flexibility index (Phi) is 8.43. The summed E-state index contributed by atoms with van der Waals surface area (Å²) in [5.41, 5.74) is -3.18. The van der Waals surface area contributed by atoms with E-state index in [1.165, 1.54) is 15.5 Å². The molecule has 6 atom stereocenters. The SMILES string of the molecule is N#Cc1c(NC(O)C2CC2(F)F)sc2c(F)ccc(-c3c(F)c4nc(OC[C@@]56CCCN5C[C@H](F)C6)nc(N5CCC6(CCN6C(=O)C6CC6(F)F)C5)c4c(=O)n3C3CC3)c12.